The molecule has 3 aromatic rings. The molecule has 102 valence electrons. The monoisotopic (exact) mass is 271 g/mol. The minimum Gasteiger partial charge on any atom is -0.462 e. The molecule has 0 saturated carbocycles. The van der Waals surface area contributed by atoms with Gasteiger partial charge in [0.05, 0.1) is 11.8 Å². The Balaban J connectivity index is 2.28. The van der Waals surface area contributed by atoms with Crippen LogP contribution in [-0.4, -0.2) is 9.78 Å². The molecule has 2 N–H and O–H groups in total. The van der Waals surface area contributed by atoms with Gasteiger partial charge in [-0.3, -0.25) is 4.68 Å². The number of nitrogens with zero attached hydrogens (tertiary/aromatic N) is 2. The fourth-order valence-corrected chi connectivity index (χ4v) is 2.24. The van der Waals surface area contributed by atoms with Crippen molar-refractivity contribution in [2.75, 3.05) is 5.73 Å². The van der Waals surface area contributed by atoms with Gasteiger partial charge in [-0.2, -0.15) is 5.10 Å². The van der Waals surface area contributed by atoms with Gasteiger partial charge in [-0.05, 0) is 36.2 Å². The molecular weight excluding hydrogens is 257 g/mol. The third-order valence-electron chi connectivity index (χ3n) is 3.28. The summed E-state index contributed by atoms with van der Waals surface area (Å²) in [6, 6.07) is 8.15. The molecule has 0 amide bonds. The zero-order valence-corrected chi connectivity index (χ0v) is 11.2. The molecule has 4 nitrogen and oxygen atoms in total. The van der Waals surface area contributed by atoms with Gasteiger partial charge in [0, 0.05) is 7.05 Å². The fraction of sp³-hybridized carbons (Fsp3) is 0.133. The topological polar surface area (TPSA) is 57.0 Å². The van der Waals surface area contributed by atoms with Crippen molar-refractivity contribution in [2.24, 2.45) is 7.05 Å². The summed E-state index contributed by atoms with van der Waals surface area (Å²) in [4.78, 5) is 0. The van der Waals surface area contributed by atoms with E-state index in [1.165, 1.54) is 12.1 Å². The lowest BCUT2D eigenvalue weighted by Gasteiger charge is -2.03. The summed E-state index contributed by atoms with van der Waals surface area (Å²) >= 11 is 0. The summed E-state index contributed by atoms with van der Waals surface area (Å²) in [5.41, 5.74) is 9.03. The molecule has 0 bridgehead atoms. The van der Waals surface area contributed by atoms with E-state index in [0.29, 0.717) is 28.4 Å². The van der Waals surface area contributed by atoms with Crippen LogP contribution in [0.15, 0.2) is 41.0 Å². The van der Waals surface area contributed by atoms with Crippen LogP contribution < -0.4 is 5.73 Å². The van der Waals surface area contributed by atoms with E-state index >= 15 is 0 Å². The Morgan fingerprint density at radius 2 is 2.10 bits per heavy atom. The zero-order chi connectivity index (χ0) is 14.3. The molecule has 0 aliphatic heterocycles. The number of nitrogens with two attached hydrogens (primary N) is 1. The van der Waals surface area contributed by atoms with Crippen LogP contribution in [-0.2, 0) is 7.05 Å². The minimum atomic E-state index is -0.312. The van der Waals surface area contributed by atoms with Crippen LogP contribution >= 0.6 is 0 Å². The van der Waals surface area contributed by atoms with Gasteiger partial charge in [-0.25, -0.2) is 4.39 Å². The molecule has 5 heteroatoms. The van der Waals surface area contributed by atoms with Gasteiger partial charge >= 0.3 is 0 Å². The van der Waals surface area contributed by atoms with E-state index in [2.05, 4.69) is 5.10 Å². The quantitative estimate of drug-likeness (QED) is 0.777. The summed E-state index contributed by atoms with van der Waals surface area (Å²) in [7, 11) is 1.75. The highest BCUT2D eigenvalue weighted by molar-refractivity contribution is 5.87. The number of nitrogen functional groups attached to an aromatic ring is 1. The van der Waals surface area contributed by atoms with Crippen molar-refractivity contribution < 1.29 is 8.81 Å². The van der Waals surface area contributed by atoms with Crippen molar-refractivity contribution in [3.8, 4) is 22.6 Å². The lowest BCUT2D eigenvalue weighted by molar-refractivity contribution is 0.576. The maximum absolute atomic E-state index is 13.5. The second-order valence-electron chi connectivity index (χ2n) is 4.68. The Labute approximate surface area is 115 Å². The number of rotatable bonds is 2. The van der Waals surface area contributed by atoms with Gasteiger partial charge in [0.25, 0.3) is 0 Å². The molecule has 0 atom stereocenters. The zero-order valence-electron chi connectivity index (χ0n) is 11.2. The summed E-state index contributed by atoms with van der Waals surface area (Å²) in [6.45, 7) is 1.93. The number of furan rings is 1. The fourth-order valence-electron chi connectivity index (χ4n) is 2.24. The van der Waals surface area contributed by atoms with E-state index in [-0.39, 0.29) is 5.82 Å². The molecular formula is C15H14FN3O. The van der Waals surface area contributed by atoms with Gasteiger partial charge in [0.2, 0.25) is 0 Å². The number of benzene rings is 1. The molecule has 0 saturated heterocycles. The van der Waals surface area contributed by atoms with Crippen LogP contribution in [0.3, 0.4) is 0 Å². The van der Waals surface area contributed by atoms with Crippen molar-refractivity contribution in [3.05, 3.63) is 48.0 Å². The van der Waals surface area contributed by atoms with E-state index in [4.69, 9.17) is 10.2 Å². The number of hydrogen-bond acceptors (Lipinski definition) is 3. The van der Waals surface area contributed by atoms with Crippen molar-refractivity contribution in [1.82, 2.24) is 9.78 Å². The molecule has 3 rings (SSSR count). The highest BCUT2D eigenvalue weighted by Gasteiger charge is 2.21. The van der Waals surface area contributed by atoms with Crippen LogP contribution in [0, 0.1) is 12.7 Å². The summed E-state index contributed by atoms with van der Waals surface area (Å²) < 4.78 is 20.5. The molecule has 1 aromatic carbocycles. The summed E-state index contributed by atoms with van der Waals surface area (Å²) in [5.74, 6) is 0.811. The Morgan fingerprint density at radius 3 is 2.75 bits per heavy atom. The maximum Gasteiger partial charge on any atom is 0.157 e. The molecule has 0 aliphatic carbocycles. The number of anilines is 1. The highest BCUT2D eigenvalue weighted by Crippen LogP contribution is 2.37. The molecule has 20 heavy (non-hydrogen) atoms. The third kappa shape index (κ3) is 1.87. The van der Waals surface area contributed by atoms with Crippen LogP contribution in [0.1, 0.15) is 5.56 Å². The second-order valence-corrected chi connectivity index (χ2v) is 4.68. The van der Waals surface area contributed by atoms with Gasteiger partial charge in [-0.1, -0.05) is 12.1 Å². The largest absolute Gasteiger partial charge is 0.462 e. The number of halogens is 1. The average Bonchev–Trinajstić information content (AvgIpc) is 2.94. The average molecular weight is 271 g/mol. The van der Waals surface area contributed by atoms with Crippen LogP contribution in [0.2, 0.25) is 0 Å². The Bertz CT molecular complexity index is 773. The Hall–Kier alpha value is -2.56. The normalized spacial score (nSPS) is 10.9. The van der Waals surface area contributed by atoms with Crippen molar-refractivity contribution >= 4 is 5.82 Å². The third-order valence-corrected chi connectivity index (χ3v) is 3.28. The van der Waals surface area contributed by atoms with E-state index in [9.17, 15) is 4.39 Å². The molecule has 0 unspecified atom stereocenters. The summed E-state index contributed by atoms with van der Waals surface area (Å²) in [6.07, 6.45) is 1.60. The van der Waals surface area contributed by atoms with Crippen molar-refractivity contribution in [2.45, 2.75) is 6.92 Å². The maximum atomic E-state index is 13.5. The van der Waals surface area contributed by atoms with E-state index in [1.807, 2.05) is 13.0 Å². The van der Waals surface area contributed by atoms with Crippen molar-refractivity contribution in [3.63, 3.8) is 0 Å². The Morgan fingerprint density at radius 1 is 1.30 bits per heavy atom. The van der Waals surface area contributed by atoms with Gasteiger partial charge in [0.1, 0.15) is 17.3 Å². The van der Waals surface area contributed by atoms with Crippen LogP contribution in [0.5, 0.6) is 0 Å². The Kier molecular flexibility index (Phi) is 2.82. The molecule has 2 heterocycles. The minimum absolute atomic E-state index is 0.312. The van der Waals surface area contributed by atoms with E-state index in [0.717, 1.165) is 5.56 Å². The second kappa shape index (κ2) is 4.52. The van der Waals surface area contributed by atoms with Gasteiger partial charge in [0.15, 0.2) is 5.76 Å². The first-order chi connectivity index (χ1) is 9.58. The van der Waals surface area contributed by atoms with Crippen LogP contribution in [0.25, 0.3) is 22.6 Å². The summed E-state index contributed by atoms with van der Waals surface area (Å²) in [5, 5.41) is 4.39. The standard InChI is InChI=1S/C15H14FN3O/c1-9-6-7-20-14(9)13-12(15(17)19(2)18-13)10-4-3-5-11(16)8-10/h3-8H,17H2,1-2H3. The molecule has 0 fully saturated rings. The number of aromatic nitrogens is 2. The SMILES string of the molecule is Cc1ccoc1-c1nn(C)c(N)c1-c1cccc(F)c1. The first kappa shape index (κ1) is 12.5. The van der Waals surface area contributed by atoms with Gasteiger partial charge in [-0.15, -0.1) is 0 Å². The molecule has 2 aromatic heterocycles. The first-order valence-electron chi connectivity index (χ1n) is 6.21. The highest BCUT2D eigenvalue weighted by atomic mass is 19.1. The van der Waals surface area contributed by atoms with Crippen molar-refractivity contribution in [1.29, 1.82) is 0 Å². The molecule has 0 spiro atoms. The van der Waals surface area contributed by atoms with Crippen LogP contribution in [0.4, 0.5) is 10.2 Å². The lowest BCUT2D eigenvalue weighted by Crippen LogP contribution is -1.98. The molecule has 0 radical (unpaired) electrons. The van der Waals surface area contributed by atoms with Gasteiger partial charge < -0.3 is 10.2 Å². The van der Waals surface area contributed by atoms with E-state index in [1.54, 1.807) is 30.1 Å². The smallest absolute Gasteiger partial charge is 0.157 e. The predicted octanol–water partition coefficient (Wildman–Crippen LogP) is 3.38. The van der Waals surface area contributed by atoms with E-state index < -0.39 is 0 Å². The predicted molar refractivity (Wildman–Crippen MR) is 75.5 cm³/mol. The number of aryl methyl sites for hydroxylation is 2. The number of hydrogen-bond donors (Lipinski definition) is 1. The first-order valence-corrected chi connectivity index (χ1v) is 6.21. The lowest BCUT2D eigenvalue weighted by atomic mass is 10.0. The molecule has 0 aliphatic rings.